The van der Waals surface area contributed by atoms with Crippen molar-refractivity contribution in [3.05, 3.63) is 79.1 Å². The Morgan fingerprint density at radius 2 is 2.00 bits per heavy atom. The van der Waals surface area contributed by atoms with E-state index in [1.54, 1.807) is 6.07 Å². The molecule has 5 nitrogen and oxygen atoms in total. The monoisotopic (exact) mass is 418 g/mol. The van der Waals surface area contributed by atoms with E-state index in [1.807, 2.05) is 50.2 Å². The average molecular weight is 420 g/mol. The summed E-state index contributed by atoms with van der Waals surface area (Å²) in [6.07, 6.45) is 1.50. The molecule has 0 saturated carbocycles. The van der Waals surface area contributed by atoms with Crippen molar-refractivity contribution in [1.29, 1.82) is 0 Å². The summed E-state index contributed by atoms with van der Waals surface area (Å²) in [4.78, 5) is 12.7. The highest BCUT2D eigenvalue weighted by Crippen LogP contribution is 2.20. The fourth-order valence-corrected chi connectivity index (χ4v) is 3.12. The lowest BCUT2D eigenvalue weighted by molar-refractivity contribution is 0.828. The van der Waals surface area contributed by atoms with Crippen LogP contribution in [0.2, 0.25) is 5.02 Å². The Hall–Kier alpha value is -2.31. The Labute approximate surface area is 158 Å². The number of halogens is 2. The zero-order valence-electron chi connectivity index (χ0n) is 13.7. The molecule has 3 aromatic rings. The average Bonchev–Trinajstić information content (AvgIpc) is 2.84. The number of rotatable bonds is 4. The van der Waals surface area contributed by atoms with Crippen LogP contribution in [0.5, 0.6) is 0 Å². The van der Waals surface area contributed by atoms with Gasteiger partial charge in [-0.1, -0.05) is 39.7 Å². The number of nitrogens with one attached hydrogen (secondary N) is 2. The predicted octanol–water partition coefficient (Wildman–Crippen LogP) is 4.64. The Balaban J connectivity index is 1.91. The molecule has 2 aromatic carbocycles. The molecular formula is C18H16BrClN4O. The molecule has 1 aromatic heterocycles. The minimum Gasteiger partial charge on any atom is -0.295 e. The Morgan fingerprint density at radius 1 is 1.24 bits per heavy atom. The summed E-state index contributed by atoms with van der Waals surface area (Å²) in [6.45, 7) is 3.79. The molecule has 0 aliphatic carbocycles. The van der Waals surface area contributed by atoms with Gasteiger partial charge in [-0.3, -0.25) is 15.3 Å². The summed E-state index contributed by atoms with van der Waals surface area (Å²) in [7, 11) is 0. The van der Waals surface area contributed by atoms with Crippen molar-refractivity contribution in [3.63, 3.8) is 0 Å². The van der Waals surface area contributed by atoms with Crippen LogP contribution in [0.4, 0.5) is 5.69 Å². The second-order valence-electron chi connectivity index (χ2n) is 5.57. The smallest absolute Gasteiger partial charge is 0.280 e. The molecule has 0 saturated heterocycles. The fourth-order valence-electron chi connectivity index (χ4n) is 2.47. The molecule has 7 heteroatoms. The minimum atomic E-state index is -0.160. The summed E-state index contributed by atoms with van der Waals surface area (Å²) in [6, 6.07) is 13.0. The first-order chi connectivity index (χ1) is 12.0. The van der Waals surface area contributed by atoms with Gasteiger partial charge in [0.25, 0.3) is 5.56 Å². The number of aromatic nitrogens is 2. The van der Waals surface area contributed by atoms with Gasteiger partial charge in [0.1, 0.15) is 0 Å². The van der Waals surface area contributed by atoms with Gasteiger partial charge in [0, 0.05) is 10.2 Å². The number of aryl methyl sites for hydroxylation is 2. The molecule has 0 aliphatic rings. The molecule has 0 amide bonds. The van der Waals surface area contributed by atoms with Crippen molar-refractivity contribution in [2.24, 2.45) is 5.10 Å². The third-order valence-electron chi connectivity index (χ3n) is 3.77. The van der Waals surface area contributed by atoms with Crippen LogP contribution in [0.25, 0.3) is 5.69 Å². The molecule has 2 N–H and O–H groups in total. The van der Waals surface area contributed by atoms with E-state index in [2.05, 4.69) is 31.6 Å². The highest BCUT2D eigenvalue weighted by Gasteiger charge is 2.12. The first-order valence-electron chi connectivity index (χ1n) is 7.59. The standard InChI is InChI=1S/C18H16BrClN4O/c1-11-9-13(19)7-8-17(11)24-18(25)14(12(2)23-24)10-21-22-16-6-4-3-5-15(16)20/h3-10,22-23H,1-2H3. The number of hydrazone groups is 1. The summed E-state index contributed by atoms with van der Waals surface area (Å²) in [5.41, 5.74) is 6.38. The van der Waals surface area contributed by atoms with Gasteiger partial charge in [-0.15, -0.1) is 0 Å². The van der Waals surface area contributed by atoms with Gasteiger partial charge in [0.2, 0.25) is 0 Å². The van der Waals surface area contributed by atoms with Crippen LogP contribution in [-0.4, -0.2) is 16.0 Å². The first-order valence-corrected chi connectivity index (χ1v) is 8.76. The number of benzene rings is 2. The van der Waals surface area contributed by atoms with E-state index in [-0.39, 0.29) is 5.56 Å². The number of H-pyrrole nitrogens is 1. The van der Waals surface area contributed by atoms with Gasteiger partial charge in [-0.05, 0) is 49.7 Å². The molecule has 3 rings (SSSR count). The van der Waals surface area contributed by atoms with Crippen LogP contribution in [0.1, 0.15) is 16.8 Å². The van der Waals surface area contributed by atoms with E-state index in [0.29, 0.717) is 16.3 Å². The third kappa shape index (κ3) is 3.70. The van der Waals surface area contributed by atoms with Crippen LogP contribution < -0.4 is 11.0 Å². The number of aromatic amines is 1. The number of anilines is 1. The maximum Gasteiger partial charge on any atom is 0.280 e. The molecule has 0 aliphatic heterocycles. The number of nitrogens with zero attached hydrogens (tertiary/aromatic N) is 2. The molecule has 1 heterocycles. The van der Waals surface area contributed by atoms with Gasteiger partial charge >= 0.3 is 0 Å². The molecule has 0 fully saturated rings. The van der Waals surface area contributed by atoms with Crippen LogP contribution in [0.15, 0.2) is 56.8 Å². The number of hydrogen-bond acceptors (Lipinski definition) is 3. The minimum absolute atomic E-state index is 0.160. The molecule has 0 atom stereocenters. The lowest BCUT2D eigenvalue weighted by Crippen LogP contribution is -2.18. The lowest BCUT2D eigenvalue weighted by Gasteiger charge is -2.06. The van der Waals surface area contributed by atoms with Gasteiger partial charge in [0.05, 0.1) is 28.2 Å². The van der Waals surface area contributed by atoms with Crippen LogP contribution >= 0.6 is 27.5 Å². The van der Waals surface area contributed by atoms with E-state index in [0.717, 1.165) is 21.4 Å². The fraction of sp³-hybridized carbons (Fsp3) is 0.111. The number of hydrogen-bond donors (Lipinski definition) is 2. The molecule has 0 radical (unpaired) electrons. The molecule has 0 spiro atoms. The van der Waals surface area contributed by atoms with E-state index in [9.17, 15) is 4.79 Å². The number of para-hydroxylation sites is 1. The largest absolute Gasteiger partial charge is 0.295 e. The Kier molecular flexibility index (Phi) is 5.11. The van der Waals surface area contributed by atoms with Gasteiger partial charge in [0.15, 0.2) is 0 Å². The topological polar surface area (TPSA) is 62.2 Å². The third-order valence-corrected chi connectivity index (χ3v) is 4.59. The van der Waals surface area contributed by atoms with Crippen molar-refractivity contribution in [1.82, 2.24) is 9.78 Å². The first kappa shape index (κ1) is 17.5. The molecule has 128 valence electrons. The quantitative estimate of drug-likeness (QED) is 0.478. The van der Waals surface area contributed by atoms with Crippen molar-refractivity contribution in [2.45, 2.75) is 13.8 Å². The Morgan fingerprint density at radius 3 is 2.72 bits per heavy atom. The van der Waals surface area contributed by atoms with Gasteiger partial charge < -0.3 is 0 Å². The zero-order valence-corrected chi connectivity index (χ0v) is 16.0. The Bertz CT molecular complexity index is 1010. The predicted molar refractivity (Wildman–Crippen MR) is 106 cm³/mol. The summed E-state index contributed by atoms with van der Waals surface area (Å²) >= 11 is 9.50. The maximum atomic E-state index is 12.7. The van der Waals surface area contributed by atoms with Crippen molar-refractivity contribution >= 4 is 39.4 Å². The highest BCUT2D eigenvalue weighted by molar-refractivity contribution is 9.10. The second-order valence-corrected chi connectivity index (χ2v) is 6.89. The van der Waals surface area contributed by atoms with E-state index < -0.39 is 0 Å². The van der Waals surface area contributed by atoms with Gasteiger partial charge in [-0.25, -0.2) is 4.68 Å². The lowest BCUT2D eigenvalue weighted by atomic mass is 10.2. The highest BCUT2D eigenvalue weighted by atomic mass is 79.9. The summed E-state index contributed by atoms with van der Waals surface area (Å²) in [5, 5.41) is 7.79. The SMILES string of the molecule is Cc1cc(Br)ccc1-n1[nH]c(C)c(C=NNc2ccccc2Cl)c1=O. The normalized spacial score (nSPS) is 11.2. The maximum absolute atomic E-state index is 12.7. The molecule has 0 bridgehead atoms. The van der Waals surface area contributed by atoms with Gasteiger partial charge in [-0.2, -0.15) is 5.10 Å². The van der Waals surface area contributed by atoms with Crippen LogP contribution in [0.3, 0.4) is 0 Å². The molecule has 25 heavy (non-hydrogen) atoms. The molecule has 0 unspecified atom stereocenters. The van der Waals surface area contributed by atoms with Crippen LogP contribution in [0, 0.1) is 13.8 Å². The summed E-state index contributed by atoms with van der Waals surface area (Å²) < 4.78 is 2.49. The zero-order chi connectivity index (χ0) is 18.0. The van der Waals surface area contributed by atoms with E-state index in [4.69, 9.17) is 11.6 Å². The second kappa shape index (κ2) is 7.29. The van der Waals surface area contributed by atoms with Crippen molar-refractivity contribution < 1.29 is 0 Å². The van der Waals surface area contributed by atoms with Crippen LogP contribution in [-0.2, 0) is 0 Å². The van der Waals surface area contributed by atoms with E-state index in [1.165, 1.54) is 10.9 Å². The van der Waals surface area contributed by atoms with Crippen molar-refractivity contribution in [2.75, 3.05) is 5.43 Å². The van der Waals surface area contributed by atoms with E-state index >= 15 is 0 Å². The van der Waals surface area contributed by atoms with Crippen molar-refractivity contribution in [3.8, 4) is 5.69 Å². The summed E-state index contributed by atoms with van der Waals surface area (Å²) in [5.74, 6) is 0. The molecular weight excluding hydrogens is 404 g/mol.